The van der Waals surface area contributed by atoms with E-state index in [0.717, 1.165) is 11.1 Å². The molecule has 98 valence electrons. The quantitative estimate of drug-likeness (QED) is 0.845. The topological polar surface area (TPSA) is 50.9 Å². The monoisotopic (exact) mass is 275 g/mol. The van der Waals surface area contributed by atoms with E-state index in [1.165, 1.54) is 6.07 Å². The van der Waals surface area contributed by atoms with Crippen LogP contribution in [-0.2, 0) is 0 Å². The second-order valence-corrected chi connectivity index (χ2v) is 4.76. The highest BCUT2D eigenvalue weighted by Gasteiger charge is 2.11. The van der Waals surface area contributed by atoms with Crippen LogP contribution in [-0.4, -0.2) is 9.97 Å². The maximum atomic E-state index is 13.7. The van der Waals surface area contributed by atoms with Crippen molar-refractivity contribution in [1.82, 2.24) is 4.98 Å². The van der Waals surface area contributed by atoms with Crippen LogP contribution >= 0.6 is 12.2 Å². The first-order valence-electron chi connectivity index (χ1n) is 5.77. The molecule has 3 nitrogen and oxygen atoms in total. The number of nitrogens with two attached hydrogens (primary N) is 1. The number of aromatic nitrogens is 1. The standard InChI is InChI=1S/C14H14FN3S/c1-8-3-4-10(15)11(7-8)18-14-12(13(16)19)9(2)5-6-17-14/h3-7H,1-2H3,(H2,16,19)(H,17,18). The van der Waals surface area contributed by atoms with Gasteiger partial charge in [0.1, 0.15) is 16.6 Å². The summed E-state index contributed by atoms with van der Waals surface area (Å²) in [6.07, 6.45) is 1.63. The Morgan fingerprint density at radius 2 is 2.05 bits per heavy atom. The summed E-state index contributed by atoms with van der Waals surface area (Å²) in [6.45, 7) is 3.77. The summed E-state index contributed by atoms with van der Waals surface area (Å²) in [5.41, 5.74) is 8.54. The van der Waals surface area contributed by atoms with Gasteiger partial charge in [0, 0.05) is 6.20 Å². The Kier molecular flexibility index (Phi) is 3.76. The van der Waals surface area contributed by atoms with Gasteiger partial charge in [-0.3, -0.25) is 0 Å². The van der Waals surface area contributed by atoms with Crippen molar-refractivity contribution in [2.75, 3.05) is 5.32 Å². The summed E-state index contributed by atoms with van der Waals surface area (Å²) >= 11 is 5.02. The number of rotatable bonds is 3. The molecule has 5 heteroatoms. The smallest absolute Gasteiger partial charge is 0.146 e. The first-order chi connectivity index (χ1) is 8.99. The zero-order chi connectivity index (χ0) is 14.0. The molecule has 0 saturated carbocycles. The zero-order valence-electron chi connectivity index (χ0n) is 10.7. The summed E-state index contributed by atoms with van der Waals surface area (Å²) in [6, 6.07) is 6.64. The Bertz CT molecular complexity index is 641. The maximum Gasteiger partial charge on any atom is 0.146 e. The van der Waals surface area contributed by atoms with E-state index in [0.29, 0.717) is 17.1 Å². The molecule has 0 aliphatic rings. The number of aryl methyl sites for hydroxylation is 2. The van der Waals surface area contributed by atoms with Gasteiger partial charge < -0.3 is 11.1 Å². The maximum absolute atomic E-state index is 13.7. The largest absolute Gasteiger partial charge is 0.389 e. The molecule has 3 N–H and O–H groups in total. The summed E-state index contributed by atoms with van der Waals surface area (Å²) in [7, 11) is 0. The van der Waals surface area contributed by atoms with E-state index in [2.05, 4.69) is 10.3 Å². The van der Waals surface area contributed by atoms with Gasteiger partial charge in [-0.2, -0.15) is 0 Å². The SMILES string of the molecule is Cc1ccc(F)c(Nc2nccc(C)c2C(N)=S)c1. The average molecular weight is 275 g/mol. The molecular formula is C14H14FN3S. The highest BCUT2D eigenvalue weighted by Crippen LogP contribution is 2.24. The van der Waals surface area contributed by atoms with Gasteiger partial charge >= 0.3 is 0 Å². The molecule has 0 bridgehead atoms. The minimum absolute atomic E-state index is 0.237. The summed E-state index contributed by atoms with van der Waals surface area (Å²) in [5, 5.41) is 2.95. The van der Waals surface area contributed by atoms with E-state index >= 15 is 0 Å². The number of halogens is 1. The average Bonchev–Trinajstić information content (AvgIpc) is 2.33. The highest BCUT2D eigenvalue weighted by molar-refractivity contribution is 7.80. The van der Waals surface area contributed by atoms with Crippen molar-refractivity contribution in [3.05, 3.63) is 53.0 Å². The van der Waals surface area contributed by atoms with Crippen LogP contribution in [0.15, 0.2) is 30.5 Å². The van der Waals surface area contributed by atoms with E-state index in [1.54, 1.807) is 18.3 Å². The number of nitrogens with one attached hydrogen (secondary N) is 1. The molecule has 0 aliphatic heterocycles. The number of anilines is 2. The Morgan fingerprint density at radius 3 is 2.74 bits per heavy atom. The van der Waals surface area contributed by atoms with Crippen molar-refractivity contribution < 1.29 is 4.39 Å². The van der Waals surface area contributed by atoms with Crippen LogP contribution in [0.25, 0.3) is 0 Å². The molecule has 1 heterocycles. The third-order valence-electron chi connectivity index (χ3n) is 2.78. The van der Waals surface area contributed by atoms with Crippen molar-refractivity contribution in [1.29, 1.82) is 0 Å². The third kappa shape index (κ3) is 2.88. The molecule has 0 amide bonds. The number of hydrogen-bond acceptors (Lipinski definition) is 3. The van der Waals surface area contributed by atoms with E-state index in [1.807, 2.05) is 19.9 Å². The van der Waals surface area contributed by atoms with Crippen LogP contribution in [0.4, 0.5) is 15.9 Å². The number of hydrogen-bond donors (Lipinski definition) is 2. The van der Waals surface area contributed by atoms with Crippen molar-refractivity contribution in [2.45, 2.75) is 13.8 Å². The van der Waals surface area contributed by atoms with Crippen LogP contribution in [0, 0.1) is 19.7 Å². The number of benzene rings is 1. The van der Waals surface area contributed by atoms with E-state index in [9.17, 15) is 4.39 Å². The van der Waals surface area contributed by atoms with E-state index in [-0.39, 0.29) is 10.8 Å². The second-order valence-electron chi connectivity index (χ2n) is 4.32. The lowest BCUT2D eigenvalue weighted by Gasteiger charge is -2.13. The first-order valence-corrected chi connectivity index (χ1v) is 6.18. The van der Waals surface area contributed by atoms with Gasteiger partial charge in [-0.05, 0) is 43.2 Å². The molecular weight excluding hydrogens is 261 g/mol. The molecule has 0 radical (unpaired) electrons. The minimum Gasteiger partial charge on any atom is -0.389 e. The van der Waals surface area contributed by atoms with Crippen molar-refractivity contribution >= 4 is 28.7 Å². The highest BCUT2D eigenvalue weighted by atomic mass is 32.1. The van der Waals surface area contributed by atoms with Crippen molar-refractivity contribution in [2.24, 2.45) is 5.73 Å². The Balaban J connectivity index is 2.46. The van der Waals surface area contributed by atoms with Gasteiger partial charge in [0.15, 0.2) is 0 Å². The van der Waals surface area contributed by atoms with Gasteiger partial charge in [0.05, 0.1) is 11.3 Å². The molecule has 0 spiro atoms. The van der Waals surface area contributed by atoms with Crippen LogP contribution in [0.1, 0.15) is 16.7 Å². The van der Waals surface area contributed by atoms with Gasteiger partial charge in [-0.1, -0.05) is 18.3 Å². The number of pyridine rings is 1. The van der Waals surface area contributed by atoms with Crippen LogP contribution in [0.2, 0.25) is 0 Å². The fourth-order valence-corrected chi connectivity index (χ4v) is 2.08. The van der Waals surface area contributed by atoms with Crippen LogP contribution in [0.5, 0.6) is 0 Å². The van der Waals surface area contributed by atoms with E-state index < -0.39 is 0 Å². The van der Waals surface area contributed by atoms with Gasteiger partial charge in [0.25, 0.3) is 0 Å². The van der Waals surface area contributed by atoms with Crippen molar-refractivity contribution in [3.8, 4) is 0 Å². The van der Waals surface area contributed by atoms with Crippen LogP contribution in [0.3, 0.4) is 0 Å². The molecule has 0 aliphatic carbocycles. The first kappa shape index (κ1) is 13.4. The molecule has 0 fully saturated rings. The Labute approximate surface area is 116 Å². The van der Waals surface area contributed by atoms with Crippen LogP contribution < -0.4 is 11.1 Å². The molecule has 0 atom stereocenters. The molecule has 19 heavy (non-hydrogen) atoms. The summed E-state index contributed by atoms with van der Waals surface area (Å²) in [5.74, 6) is 0.125. The molecule has 1 aromatic heterocycles. The minimum atomic E-state index is -0.345. The normalized spacial score (nSPS) is 10.3. The molecule has 0 saturated heterocycles. The zero-order valence-corrected chi connectivity index (χ0v) is 11.5. The number of nitrogens with zero attached hydrogens (tertiary/aromatic N) is 1. The third-order valence-corrected chi connectivity index (χ3v) is 2.98. The Morgan fingerprint density at radius 1 is 1.32 bits per heavy atom. The van der Waals surface area contributed by atoms with Crippen molar-refractivity contribution in [3.63, 3.8) is 0 Å². The van der Waals surface area contributed by atoms with Gasteiger partial charge in [-0.25, -0.2) is 9.37 Å². The summed E-state index contributed by atoms with van der Waals surface area (Å²) in [4.78, 5) is 4.42. The fourth-order valence-electron chi connectivity index (χ4n) is 1.83. The molecule has 0 unspecified atom stereocenters. The lowest BCUT2D eigenvalue weighted by molar-refractivity contribution is 0.631. The lowest BCUT2D eigenvalue weighted by Crippen LogP contribution is -2.15. The molecule has 2 rings (SSSR count). The lowest BCUT2D eigenvalue weighted by atomic mass is 10.1. The predicted octanol–water partition coefficient (Wildman–Crippen LogP) is 3.22. The van der Waals surface area contributed by atoms with Gasteiger partial charge in [-0.15, -0.1) is 0 Å². The molecule has 1 aromatic carbocycles. The molecule has 2 aromatic rings. The van der Waals surface area contributed by atoms with E-state index in [4.69, 9.17) is 18.0 Å². The summed E-state index contributed by atoms with van der Waals surface area (Å²) < 4.78 is 13.7. The Hall–Kier alpha value is -2.01. The van der Waals surface area contributed by atoms with Gasteiger partial charge in [0.2, 0.25) is 0 Å². The fraction of sp³-hybridized carbons (Fsp3) is 0.143. The number of thiocarbonyl (C=S) groups is 1. The predicted molar refractivity (Wildman–Crippen MR) is 79.3 cm³/mol. The second kappa shape index (κ2) is 5.32.